The van der Waals surface area contributed by atoms with E-state index in [2.05, 4.69) is 6.07 Å². The highest BCUT2D eigenvalue weighted by molar-refractivity contribution is 5.68. The van der Waals surface area contributed by atoms with Crippen LogP contribution < -0.4 is 0 Å². The Hall–Kier alpha value is -2.02. The summed E-state index contributed by atoms with van der Waals surface area (Å²) < 4.78 is 5.35. The van der Waals surface area contributed by atoms with Crippen molar-refractivity contribution in [3.8, 4) is 6.07 Å². The van der Waals surface area contributed by atoms with Gasteiger partial charge in [0.05, 0.1) is 6.07 Å². The van der Waals surface area contributed by atoms with E-state index in [4.69, 9.17) is 10.00 Å². The Bertz CT molecular complexity index is 509. The molecule has 3 atom stereocenters. The van der Waals surface area contributed by atoms with Crippen LogP contribution in [0.2, 0.25) is 0 Å². The third kappa shape index (κ3) is 2.62. The number of fused-ring (bicyclic) bond motifs is 1. The molecule has 1 saturated heterocycles. The molecule has 3 rings (SSSR count). The van der Waals surface area contributed by atoms with Gasteiger partial charge >= 0.3 is 6.09 Å². The van der Waals surface area contributed by atoms with Gasteiger partial charge in [-0.15, -0.1) is 0 Å². The van der Waals surface area contributed by atoms with E-state index in [1.165, 1.54) is 0 Å². The van der Waals surface area contributed by atoms with Crippen LogP contribution in [0.4, 0.5) is 4.79 Å². The lowest BCUT2D eigenvalue weighted by Gasteiger charge is -2.17. The third-order valence-electron chi connectivity index (χ3n) is 4.40. The zero-order valence-corrected chi connectivity index (χ0v) is 11.4. The monoisotopic (exact) mass is 270 g/mol. The molecule has 2 fully saturated rings. The molecule has 0 N–H and O–H groups in total. The molecule has 0 aromatic heterocycles. The highest BCUT2D eigenvalue weighted by Crippen LogP contribution is 2.41. The minimum Gasteiger partial charge on any atom is -0.445 e. The molecular weight excluding hydrogens is 252 g/mol. The molecule has 0 spiro atoms. The summed E-state index contributed by atoms with van der Waals surface area (Å²) in [6.45, 7) is 1.82. The molecule has 4 heteroatoms. The number of hydrogen-bond donors (Lipinski definition) is 0. The topological polar surface area (TPSA) is 53.3 Å². The second kappa shape index (κ2) is 5.54. The second-order valence-corrected chi connectivity index (χ2v) is 5.76. The smallest absolute Gasteiger partial charge is 0.410 e. The maximum atomic E-state index is 12.0. The zero-order chi connectivity index (χ0) is 13.9. The summed E-state index contributed by atoms with van der Waals surface area (Å²) in [6.07, 6.45) is 1.64. The maximum Gasteiger partial charge on any atom is 0.410 e. The molecule has 1 amide bonds. The van der Waals surface area contributed by atoms with Crippen LogP contribution in [0.3, 0.4) is 0 Å². The molecule has 1 aromatic rings. The minimum absolute atomic E-state index is 0.187. The minimum atomic E-state index is -0.225. The summed E-state index contributed by atoms with van der Waals surface area (Å²) in [5, 5.41) is 8.95. The summed E-state index contributed by atoms with van der Waals surface area (Å²) in [6, 6.07) is 12.1. The molecule has 2 aliphatic rings. The van der Waals surface area contributed by atoms with E-state index in [1.807, 2.05) is 30.3 Å². The fraction of sp³-hybridized carbons (Fsp3) is 0.500. The van der Waals surface area contributed by atoms with E-state index < -0.39 is 0 Å². The highest BCUT2D eigenvalue weighted by atomic mass is 16.6. The Morgan fingerprint density at radius 1 is 1.25 bits per heavy atom. The number of likely N-dealkylation sites (tertiary alicyclic amines) is 1. The number of nitrogens with zero attached hydrogens (tertiary/aromatic N) is 2. The zero-order valence-electron chi connectivity index (χ0n) is 11.4. The van der Waals surface area contributed by atoms with Gasteiger partial charge in [-0.2, -0.15) is 5.26 Å². The normalized spacial score (nSPS) is 27.9. The largest absolute Gasteiger partial charge is 0.445 e. The molecule has 0 radical (unpaired) electrons. The van der Waals surface area contributed by atoms with Gasteiger partial charge in [0.15, 0.2) is 0 Å². The van der Waals surface area contributed by atoms with Gasteiger partial charge in [0.2, 0.25) is 0 Å². The van der Waals surface area contributed by atoms with E-state index in [0.29, 0.717) is 18.4 Å². The molecular formula is C16H18N2O2. The van der Waals surface area contributed by atoms with Crippen molar-refractivity contribution in [2.75, 3.05) is 13.1 Å². The van der Waals surface area contributed by atoms with Crippen molar-refractivity contribution in [1.29, 1.82) is 5.26 Å². The molecule has 20 heavy (non-hydrogen) atoms. The Labute approximate surface area is 118 Å². The number of benzene rings is 1. The van der Waals surface area contributed by atoms with Crippen LogP contribution in [0.15, 0.2) is 30.3 Å². The number of hydrogen-bond acceptors (Lipinski definition) is 3. The van der Waals surface area contributed by atoms with Crippen molar-refractivity contribution in [3.63, 3.8) is 0 Å². The van der Waals surface area contributed by atoms with Crippen molar-refractivity contribution in [1.82, 2.24) is 4.90 Å². The molecule has 1 aliphatic heterocycles. The summed E-state index contributed by atoms with van der Waals surface area (Å²) in [5.74, 6) is 1.17. The molecule has 1 aromatic carbocycles. The first-order valence-corrected chi connectivity index (χ1v) is 7.11. The second-order valence-electron chi connectivity index (χ2n) is 5.76. The Morgan fingerprint density at radius 2 is 1.90 bits per heavy atom. The first-order chi connectivity index (χ1) is 9.76. The molecule has 1 saturated carbocycles. The van der Waals surface area contributed by atoms with Crippen LogP contribution >= 0.6 is 0 Å². The third-order valence-corrected chi connectivity index (χ3v) is 4.40. The van der Waals surface area contributed by atoms with Crippen molar-refractivity contribution in [2.24, 2.45) is 17.8 Å². The molecule has 0 bridgehead atoms. The predicted octanol–water partition coefficient (Wildman–Crippen LogP) is 2.80. The van der Waals surface area contributed by atoms with Gasteiger partial charge in [-0.3, -0.25) is 0 Å². The quantitative estimate of drug-likeness (QED) is 0.830. The van der Waals surface area contributed by atoms with E-state index in [9.17, 15) is 4.79 Å². The lowest BCUT2D eigenvalue weighted by Crippen LogP contribution is -2.30. The van der Waals surface area contributed by atoms with Crippen LogP contribution in [0.25, 0.3) is 0 Å². The summed E-state index contributed by atoms with van der Waals surface area (Å²) >= 11 is 0. The highest BCUT2D eigenvalue weighted by Gasteiger charge is 2.42. The van der Waals surface area contributed by atoms with Crippen LogP contribution in [-0.4, -0.2) is 24.1 Å². The van der Waals surface area contributed by atoms with Crippen LogP contribution in [0, 0.1) is 29.1 Å². The van der Waals surface area contributed by atoms with Crippen LogP contribution in [0.5, 0.6) is 0 Å². The van der Waals surface area contributed by atoms with Crippen molar-refractivity contribution in [3.05, 3.63) is 35.9 Å². The number of nitriles is 1. The molecule has 1 heterocycles. The Balaban J connectivity index is 1.50. The summed E-state index contributed by atoms with van der Waals surface area (Å²) in [5.41, 5.74) is 1.00. The fourth-order valence-corrected chi connectivity index (χ4v) is 3.37. The lowest BCUT2D eigenvalue weighted by atomic mass is 10.0. The Morgan fingerprint density at radius 3 is 2.50 bits per heavy atom. The van der Waals surface area contributed by atoms with Gasteiger partial charge in [0, 0.05) is 19.0 Å². The van der Waals surface area contributed by atoms with E-state index in [-0.39, 0.29) is 12.0 Å². The Kier molecular flexibility index (Phi) is 3.60. The van der Waals surface area contributed by atoms with E-state index in [0.717, 1.165) is 31.5 Å². The van der Waals surface area contributed by atoms with Gasteiger partial charge in [-0.25, -0.2) is 4.79 Å². The average Bonchev–Trinajstić information content (AvgIpc) is 3.04. The SMILES string of the molecule is N#CC1C[C@@H]2CN(C(=O)OCc3ccccc3)C[C@@H]2C1. The van der Waals surface area contributed by atoms with Gasteiger partial charge in [0.1, 0.15) is 6.61 Å². The molecule has 1 aliphatic carbocycles. The number of rotatable bonds is 2. The fourth-order valence-electron chi connectivity index (χ4n) is 3.37. The molecule has 104 valence electrons. The van der Waals surface area contributed by atoms with Crippen molar-refractivity contribution < 1.29 is 9.53 Å². The van der Waals surface area contributed by atoms with Crippen LogP contribution in [-0.2, 0) is 11.3 Å². The first kappa shape index (κ1) is 13.0. The first-order valence-electron chi connectivity index (χ1n) is 7.11. The number of amides is 1. The number of carbonyl (C=O) groups is 1. The van der Waals surface area contributed by atoms with Crippen molar-refractivity contribution >= 4 is 6.09 Å². The average molecular weight is 270 g/mol. The predicted molar refractivity (Wildman–Crippen MR) is 73.5 cm³/mol. The standard InChI is InChI=1S/C16H18N2O2/c17-8-13-6-14-9-18(10-15(14)7-13)16(19)20-11-12-4-2-1-3-5-12/h1-5,13-15H,6-7,9-11H2/t13?,14-,15+. The van der Waals surface area contributed by atoms with Gasteiger partial charge in [-0.05, 0) is 30.2 Å². The van der Waals surface area contributed by atoms with Gasteiger partial charge < -0.3 is 9.64 Å². The van der Waals surface area contributed by atoms with E-state index in [1.54, 1.807) is 4.90 Å². The van der Waals surface area contributed by atoms with Gasteiger partial charge in [0.25, 0.3) is 0 Å². The summed E-state index contributed by atoms with van der Waals surface area (Å²) in [7, 11) is 0. The maximum absolute atomic E-state index is 12.0. The van der Waals surface area contributed by atoms with Crippen molar-refractivity contribution in [2.45, 2.75) is 19.4 Å². The molecule has 4 nitrogen and oxygen atoms in total. The van der Waals surface area contributed by atoms with Crippen LogP contribution in [0.1, 0.15) is 18.4 Å². The lowest BCUT2D eigenvalue weighted by molar-refractivity contribution is 0.101. The molecule has 1 unspecified atom stereocenters. The number of ether oxygens (including phenoxy) is 1. The van der Waals surface area contributed by atoms with Gasteiger partial charge in [-0.1, -0.05) is 30.3 Å². The van der Waals surface area contributed by atoms with E-state index >= 15 is 0 Å². The number of carbonyl (C=O) groups excluding carboxylic acids is 1. The summed E-state index contributed by atoms with van der Waals surface area (Å²) in [4.78, 5) is 13.8.